The normalized spacial score (nSPS) is 15.7. The van der Waals surface area contributed by atoms with Crippen LogP contribution in [0.2, 0.25) is 0 Å². The first-order valence-electron chi connectivity index (χ1n) is 8.79. The molecule has 1 N–H and O–H groups in total. The molecular weight excluding hydrogens is 351 g/mol. The second-order valence-electron chi connectivity index (χ2n) is 5.86. The molecule has 0 bridgehead atoms. The quantitative estimate of drug-likeness (QED) is 0.804. The molecule has 142 valence electrons. The molecule has 2 aromatic rings. The van der Waals surface area contributed by atoms with E-state index >= 15 is 0 Å². The first-order valence-corrected chi connectivity index (χ1v) is 8.79. The lowest BCUT2D eigenvalue weighted by Gasteiger charge is -2.14. The Balaban J connectivity index is 1.65. The first-order chi connectivity index (χ1) is 13.1. The van der Waals surface area contributed by atoms with Crippen molar-refractivity contribution in [1.29, 1.82) is 0 Å². The van der Waals surface area contributed by atoms with Crippen molar-refractivity contribution in [2.45, 2.75) is 26.4 Å². The monoisotopic (exact) mass is 372 g/mol. The predicted octanol–water partition coefficient (Wildman–Crippen LogP) is 3.75. The Hall–Kier alpha value is -3.09. The van der Waals surface area contributed by atoms with Gasteiger partial charge in [0.2, 0.25) is 6.10 Å². The number of rotatable bonds is 7. The van der Waals surface area contributed by atoms with Gasteiger partial charge in [-0.3, -0.25) is 4.79 Å². The third kappa shape index (κ3) is 4.55. The van der Waals surface area contributed by atoms with Gasteiger partial charge in [0.05, 0.1) is 18.9 Å². The van der Waals surface area contributed by atoms with Crippen LogP contribution in [0.15, 0.2) is 47.6 Å². The molecule has 6 nitrogen and oxygen atoms in total. The van der Waals surface area contributed by atoms with Crippen LogP contribution in [-0.2, 0) is 9.63 Å². The van der Waals surface area contributed by atoms with Crippen molar-refractivity contribution in [3.8, 4) is 11.5 Å². The van der Waals surface area contributed by atoms with Gasteiger partial charge in [0.25, 0.3) is 5.91 Å². The molecule has 27 heavy (non-hydrogen) atoms. The molecule has 0 radical (unpaired) electrons. The van der Waals surface area contributed by atoms with Gasteiger partial charge in [0.1, 0.15) is 5.82 Å². The van der Waals surface area contributed by atoms with Crippen molar-refractivity contribution in [3.05, 3.63) is 53.8 Å². The molecule has 0 saturated heterocycles. The summed E-state index contributed by atoms with van der Waals surface area (Å²) in [6.45, 7) is 4.76. The molecule has 1 aliphatic heterocycles. The van der Waals surface area contributed by atoms with Crippen LogP contribution in [0.4, 0.5) is 10.1 Å². The highest BCUT2D eigenvalue weighted by molar-refractivity contribution is 6.06. The fourth-order valence-electron chi connectivity index (χ4n) is 2.71. The van der Waals surface area contributed by atoms with Gasteiger partial charge in [0.15, 0.2) is 11.5 Å². The number of carbonyl (C=O) groups is 1. The Morgan fingerprint density at radius 1 is 1.19 bits per heavy atom. The average Bonchev–Trinajstić information content (AvgIpc) is 3.15. The molecule has 0 aromatic heterocycles. The van der Waals surface area contributed by atoms with E-state index < -0.39 is 6.10 Å². The number of benzene rings is 2. The Bertz CT molecular complexity index is 854. The van der Waals surface area contributed by atoms with Crippen LogP contribution in [0.3, 0.4) is 0 Å². The predicted molar refractivity (Wildman–Crippen MR) is 99.8 cm³/mol. The van der Waals surface area contributed by atoms with Crippen LogP contribution in [-0.4, -0.2) is 30.9 Å². The highest BCUT2D eigenvalue weighted by atomic mass is 19.1. The summed E-state index contributed by atoms with van der Waals surface area (Å²) in [7, 11) is 0. The third-order valence-corrected chi connectivity index (χ3v) is 3.93. The summed E-state index contributed by atoms with van der Waals surface area (Å²) < 4.78 is 24.4. The van der Waals surface area contributed by atoms with Gasteiger partial charge in [-0.15, -0.1) is 0 Å². The molecule has 0 saturated carbocycles. The SMILES string of the molecule is CCOc1ccc(NC(=O)C2CC(c3cccc(F)c3)=NO2)cc1OCC. The van der Waals surface area contributed by atoms with E-state index in [1.165, 1.54) is 12.1 Å². The lowest BCUT2D eigenvalue weighted by Crippen LogP contribution is -2.28. The summed E-state index contributed by atoms with van der Waals surface area (Å²) in [5.41, 5.74) is 1.70. The summed E-state index contributed by atoms with van der Waals surface area (Å²) in [5.74, 6) is 0.477. The number of hydrogen-bond donors (Lipinski definition) is 1. The molecule has 1 atom stereocenters. The number of oxime groups is 1. The van der Waals surface area contributed by atoms with Gasteiger partial charge in [-0.05, 0) is 38.1 Å². The molecule has 0 aliphatic carbocycles. The summed E-state index contributed by atoms with van der Waals surface area (Å²) >= 11 is 0. The second kappa shape index (κ2) is 8.53. The summed E-state index contributed by atoms with van der Waals surface area (Å²) in [6.07, 6.45) is -0.504. The van der Waals surface area contributed by atoms with E-state index in [-0.39, 0.29) is 18.1 Å². The van der Waals surface area contributed by atoms with E-state index in [1.54, 1.807) is 30.3 Å². The minimum atomic E-state index is -0.773. The van der Waals surface area contributed by atoms with E-state index in [0.717, 1.165) is 0 Å². The van der Waals surface area contributed by atoms with Crippen LogP contribution in [0.25, 0.3) is 0 Å². The maximum Gasteiger partial charge on any atom is 0.268 e. The molecule has 2 aromatic carbocycles. The first kappa shape index (κ1) is 18.7. The Labute approximate surface area is 156 Å². The zero-order valence-corrected chi connectivity index (χ0v) is 15.2. The van der Waals surface area contributed by atoms with Gasteiger partial charge in [-0.2, -0.15) is 0 Å². The molecule has 0 fully saturated rings. The Morgan fingerprint density at radius 3 is 2.70 bits per heavy atom. The van der Waals surface area contributed by atoms with Crippen LogP contribution in [0.1, 0.15) is 25.8 Å². The number of hydrogen-bond acceptors (Lipinski definition) is 5. The number of nitrogens with one attached hydrogen (secondary N) is 1. The minimum absolute atomic E-state index is 0.268. The standard InChI is InChI=1S/C20H21FN2O4/c1-3-25-17-9-8-15(11-18(17)26-4-2)22-20(24)19-12-16(23-27-19)13-6-5-7-14(21)10-13/h5-11,19H,3-4,12H2,1-2H3,(H,22,24). The summed E-state index contributed by atoms with van der Waals surface area (Å²) in [5, 5.41) is 6.71. The minimum Gasteiger partial charge on any atom is -0.490 e. The van der Waals surface area contributed by atoms with Crippen LogP contribution in [0.5, 0.6) is 11.5 Å². The van der Waals surface area contributed by atoms with Crippen LogP contribution >= 0.6 is 0 Å². The van der Waals surface area contributed by atoms with E-state index in [4.69, 9.17) is 14.3 Å². The maximum absolute atomic E-state index is 13.4. The molecule has 7 heteroatoms. The molecule has 3 rings (SSSR count). The van der Waals surface area contributed by atoms with Gasteiger partial charge < -0.3 is 19.6 Å². The van der Waals surface area contributed by atoms with Crippen molar-refractivity contribution >= 4 is 17.3 Å². The highest BCUT2D eigenvalue weighted by Gasteiger charge is 2.29. The number of halogens is 1. The third-order valence-electron chi connectivity index (χ3n) is 3.93. The molecule has 1 unspecified atom stereocenters. The number of anilines is 1. The van der Waals surface area contributed by atoms with E-state index in [9.17, 15) is 9.18 Å². The lowest BCUT2D eigenvalue weighted by molar-refractivity contribution is -0.125. The molecule has 1 aliphatic rings. The number of carbonyl (C=O) groups excluding carboxylic acids is 1. The molecule has 1 heterocycles. The fourth-order valence-corrected chi connectivity index (χ4v) is 2.71. The zero-order chi connectivity index (χ0) is 19.2. The summed E-state index contributed by atoms with van der Waals surface area (Å²) in [4.78, 5) is 17.7. The number of amides is 1. The molecular formula is C20H21FN2O4. The molecule has 0 spiro atoms. The number of nitrogens with zero attached hydrogens (tertiary/aromatic N) is 1. The van der Waals surface area contributed by atoms with E-state index in [1.807, 2.05) is 13.8 Å². The Kier molecular flexibility index (Phi) is 5.90. The van der Waals surface area contributed by atoms with Crippen LogP contribution < -0.4 is 14.8 Å². The van der Waals surface area contributed by atoms with Gasteiger partial charge in [0, 0.05) is 23.7 Å². The smallest absolute Gasteiger partial charge is 0.268 e. The van der Waals surface area contributed by atoms with Gasteiger partial charge in [-0.25, -0.2) is 4.39 Å². The van der Waals surface area contributed by atoms with Gasteiger partial charge in [-0.1, -0.05) is 17.3 Å². The van der Waals surface area contributed by atoms with Crippen molar-refractivity contribution in [2.24, 2.45) is 5.16 Å². The van der Waals surface area contributed by atoms with Crippen LogP contribution in [0, 0.1) is 5.82 Å². The lowest BCUT2D eigenvalue weighted by atomic mass is 10.0. The topological polar surface area (TPSA) is 69.2 Å². The zero-order valence-electron chi connectivity index (χ0n) is 15.2. The van der Waals surface area contributed by atoms with Crippen molar-refractivity contribution in [3.63, 3.8) is 0 Å². The van der Waals surface area contributed by atoms with Gasteiger partial charge >= 0.3 is 0 Å². The summed E-state index contributed by atoms with van der Waals surface area (Å²) in [6, 6.07) is 11.2. The second-order valence-corrected chi connectivity index (χ2v) is 5.86. The van der Waals surface area contributed by atoms with E-state index in [2.05, 4.69) is 10.5 Å². The van der Waals surface area contributed by atoms with Crippen molar-refractivity contribution in [2.75, 3.05) is 18.5 Å². The highest BCUT2D eigenvalue weighted by Crippen LogP contribution is 2.31. The van der Waals surface area contributed by atoms with E-state index in [0.29, 0.717) is 41.7 Å². The van der Waals surface area contributed by atoms with Crippen molar-refractivity contribution in [1.82, 2.24) is 0 Å². The fraction of sp³-hybridized carbons (Fsp3) is 0.300. The molecule has 1 amide bonds. The Morgan fingerprint density at radius 2 is 1.96 bits per heavy atom. The number of ether oxygens (including phenoxy) is 2. The maximum atomic E-state index is 13.4. The van der Waals surface area contributed by atoms with Crippen molar-refractivity contribution < 1.29 is 23.5 Å². The average molecular weight is 372 g/mol. The largest absolute Gasteiger partial charge is 0.490 e.